The fourth-order valence-corrected chi connectivity index (χ4v) is 2.89. The standard InChI is InChI=1S/C16H31N5O/c1-2-3-4-5-6-7-9-18-10-8-11-21-14-15(12-16(21)22)13-19-20-17/h15,18H,2-14H2,1H3. The van der Waals surface area contributed by atoms with Crippen LogP contribution in [0.1, 0.15) is 58.3 Å². The van der Waals surface area contributed by atoms with E-state index in [1.807, 2.05) is 4.90 Å². The molecule has 1 aliphatic heterocycles. The zero-order valence-electron chi connectivity index (χ0n) is 14.0. The van der Waals surface area contributed by atoms with Gasteiger partial charge in [-0.25, -0.2) is 0 Å². The monoisotopic (exact) mass is 309 g/mol. The van der Waals surface area contributed by atoms with Gasteiger partial charge in [-0.05, 0) is 37.4 Å². The van der Waals surface area contributed by atoms with E-state index in [0.29, 0.717) is 13.0 Å². The van der Waals surface area contributed by atoms with Gasteiger partial charge in [-0.1, -0.05) is 44.1 Å². The number of likely N-dealkylation sites (tertiary alicyclic amines) is 1. The Kier molecular flexibility index (Phi) is 10.5. The SMILES string of the molecule is CCCCCCCCNCCCN1CC(CN=[N+]=[N-])CC1=O. The molecule has 0 aromatic heterocycles. The van der Waals surface area contributed by atoms with Crippen molar-refractivity contribution in [1.29, 1.82) is 0 Å². The summed E-state index contributed by atoms with van der Waals surface area (Å²) in [4.78, 5) is 16.5. The van der Waals surface area contributed by atoms with Crippen LogP contribution >= 0.6 is 0 Å². The molecule has 0 aromatic rings. The van der Waals surface area contributed by atoms with Crippen molar-refractivity contribution in [1.82, 2.24) is 10.2 Å². The summed E-state index contributed by atoms with van der Waals surface area (Å²) in [6, 6.07) is 0. The highest BCUT2D eigenvalue weighted by Gasteiger charge is 2.28. The third-order valence-electron chi connectivity index (χ3n) is 4.19. The number of hydrogen-bond donors (Lipinski definition) is 1. The van der Waals surface area contributed by atoms with Crippen LogP contribution in [0.5, 0.6) is 0 Å². The lowest BCUT2D eigenvalue weighted by Crippen LogP contribution is -2.29. The largest absolute Gasteiger partial charge is 0.342 e. The zero-order chi connectivity index (χ0) is 16.0. The molecular formula is C16H31N5O. The Morgan fingerprint density at radius 2 is 1.95 bits per heavy atom. The van der Waals surface area contributed by atoms with E-state index in [2.05, 4.69) is 22.3 Å². The summed E-state index contributed by atoms with van der Waals surface area (Å²) in [7, 11) is 0. The number of carbonyl (C=O) groups excluding carboxylic acids is 1. The Balaban J connectivity index is 1.94. The average Bonchev–Trinajstić information content (AvgIpc) is 2.87. The summed E-state index contributed by atoms with van der Waals surface area (Å²) in [5.74, 6) is 0.411. The van der Waals surface area contributed by atoms with Crippen LogP contribution in [0.2, 0.25) is 0 Å². The molecule has 6 heteroatoms. The summed E-state index contributed by atoms with van der Waals surface area (Å²) in [5.41, 5.74) is 8.31. The molecule has 1 heterocycles. The van der Waals surface area contributed by atoms with Gasteiger partial charge in [0.1, 0.15) is 0 Å². The van der Waals surface area contributed by atoms with Gasteiger partial charge in [-0.3, -0.25) is 4.79 Å². The van der Waals surface area contributed by atoms with Crippen LogP contribution in [0.4, 0.5) is 0 Å². The molecule has 0 radical (unpaired) electrons. The first-order valence-electron chi connectivity index (χ1n) is 8.77. The van der Waals surface area contributed by atoms with Gasteiger partial charge in [-0.15, -0.1) is 0 Å². The lowest BCUT2D eigenvalue weighted by molar-refractivity contribution is -0.127. The van der Waals surface area contributed by atoms with E-state index in [0.717, 1.165) is 32.6 Å². The Labute approximate surface area is 134 Å². The molecule has 1 unspecified atom stereocenters. The van der Waals surface area contributed by atoms with Crippen LogP contribution in [-0.2, 0) is 4.79 Å². The minimum Gasteiger partial charge on any atom is -0.342 e. The van der Waals surface area contributed by atoms with Crippen LogP contribution in [-0.4, -0.2) is 43.5 Å². The van der Waals surface area contributed by atoms with E-state index < -0.39 is 0 Å². The van der Waals surface area contributed by atoms with Gasteiger partial charge >= 0.3 is 0 Å². The number of unbranched alkanes of at least 4 members (excludes halogenated alkanes) is 5. The molecular weight excluding hydrogens is 278 g/mol. The molecule has 1 fully saturated rings. The lowest BCUT2D eigenvalue weighted by atomic mass is 10.1. The van der Waals surface area contributed by atoms with Gasteiger partial charge in [0.2, 0.25) is 5.91 Å². The molecule has 22 heavy (non-hydrogen) atoms. The predicted molar refractivity (Wildman–Crippen MR) is 89.6 cm³/mol. The van der Waals surface area contributed by atoms with E-state index in [1.54, 1.807) is 0 Å². The Hall–Kier alpha value is -1.26. The Morgan fingerprint density at radius 3 is 2.73 bits per heavy atom. The fourth-order valence-electron chi connectivity index (χ4n) is 2.89. The molecule has 1 N–H and O–H groups in total. The van der Waals surface area contributed by atoms with E-state index >= 15 is 0 Å². The lowest BCUT2D eigenvalue weighted by Gasteiger charge is -2.16. The fraction of sp³-hybridized carbons (Fsp3) is 0.938. The molecule has 126 valence electrons. The molecule has 0 aromatic carbocycles. The predicted octanol–water partition coefficient (Wildman–Crippen LogP) is 3.49. The maximum Gasteiger partial charge on any atom is 0.222 e. The highest BCUT2D eigenvalue weighted by Crippen LogP contribution is 2.18. The van der Waals surface area contributed by atoms with Crippen molar-refractivity contribution >= 4 is 5.91 Å². The summed E-state index contributed by atoms with van der Waals surface area (Å²) < 4.78 is 0. The number of carbonyl (C=O) groups is 1. The van der Waals surface area contributed by atoms with Crippen molar-refractivity contribution in [2.24, 2.45) is 11.0 Å². The highest BCUT2D eigenvalue weighted by atomic mass is 16.2. The number of azide groups is 1. The van der Waals surface area contributed by atoms with Crippen molar-refractivity contribution in [3.63, 3.8) is 0 Å². The second-order valence-corrected chi connectivity index (χ2v) is 6.19. The maximum atomic E-state index is 11.8. The van der Waals surface area contributed by atoms with Gasteiger partial charge < -0.3 is 10.2 Å². The summed E-state index contributed by atoms with van der Waals surface area (Å²) in [5, 5.41) is 7.02. The molecule has 0 bridgehead atoms. The van der Waals surface area contributed by atoms with Crippen LogP contribution in [0.25, 0.3) is 10.4 Å². The first-order valence-corrected chi connectivity index (χ1v) is 8.77. The van der Waals surface area contributed by atoms with Gasteiger partial charge in [-0.2, -0.15) is 0 Å². The topological polar surface area (TPSA) is 81.1 Å². The van der Waals surface area contributed by atoms with Gasteiger partial charge in [0.05, 0.1) is 0 Å². The number of nitrogens with one attached hydrogen (secondary N) is 1. The molecule has 0 spiro atoms. The highest BCUT2D eigenvalue weighted by molar-refractivity contribution is 5.78. The summed E-state index contributed by atoms with van der Waals surface area (Å²) in [6.45, 7) is 6.30. The number of amides is 1. The van der Waals surface area contributed by atoms with Crippen molar-refractivity contribution in [2.45, 2.75) is 58.3 Å². The van der Waals surface area contributed by atoms with Gasteiger partial charge in [0, 0.05) is 31.0 Å². The van der Waals surface area contributed by atoms with Gasteiger partial charge in [0.15, 0.2) is 0 Å². The Bertz CT molecular complexity index is 354. The minimum absolute atomic E-state index is 0.203. The molecule has 0 aliphatic carbocycles. The van der Waals surface area contributed by atoms with Crippen molar-refractivity contribution < 1.29 is 4.79 Å². The first-order chi connectivity index (χ1) is 10.8. The number of rotatable bonds is 13. The number of hydrogen-bond acceptors (Lipinski definition) is 3. The van der Waals surface area contributed by atoms with Crippen molar-refractivity contribution in [3.05, 3.63) is 10.4 Å². The van der Waals surface area contributed by atoms with Crippen LogP contribution < -0.4 is 5.32 Å². The summed E-state index contributed by atoms with van der Waals surface area (Å²) in [6.07, 6.45) is 9.48. The molecule has 1 aliphatic rings. The van der Waals surface area contributed by atoms with E-state index in [4.69, 9.17) is 5.53 Å². The second kappa shape index (κ2) is 12.3. The third kappa shape index (κ3) is 8.25. The molecule has 1 atom stereocenters. The van der Waals surface area contributed by atoms with E-state index in [9.17, 15) is 4.79 Å². The molecule has 0 saturated carbocycles. The third-order valence-corrected chi connectivity index (χ3v) is 4.19. The maximum absolute atomic E-state index is 11.8. The van der Waals surface area contributed by atoms with E-state index in [1.165, 1.54) is 38.5 Å². The molecule has 1 amide bonds. The second-order valence-electron chi connectivity index (χ2n) is 6.19. The average molecular weight is 309 g/mol. The van der Waals surface area contributed by atoms with Crippen LogP contribution in [0, 0.1) is 5.92 Å². The smallest absolute Gasteiger partial charge is 0.222 e. The van der Waals surface area contributed by atoms with Crippen molar-refractivity contribution in [3.8, 4) is 0 Å². The Morgan fingerprint density at radius 1 is 1.23 bits per heavy atom. The van der Waals surface area contributed by atoms with Crippen LogP contribution in [0.15, 0.2) is 5.11 Å². The molecule has 1 rings (SSSR count). The summed E-state index contributed by atoms with van der Waals surface area (Å²) >= 11 is 0. The number of nitrogens with zero attached hydrogens (tertiary/aromatic N) is 4. The zero-order valence-corrected chi connectivity index (χ0v) is 14.0. The quantitative estimate of drug-likeness (QED) is 0.244. The van der Waals surface area contributed by atoms with Crippen LogP contribution in [0.3, 0.4) is 0 Å². The first kappa shape index (κ1) is 18.8. The molecule has 6 nitrogen and oxygen atoms in total. The minimum atomic E-state index is 0.203. The normalized spacial score (nSPS) is 17.8. The van der Waals surface area contributed by atoms with E-state index in [-0.39, 0.29) is 11.8 Å². The van der Waals surface area contributed by atoms with Crippen molar-refractivity contribution in [2.75, 3.05) is 32.7 Å². The molecule has 1 saturated heterocycles. The van der Waals surface area contributed by atoms with Gasteiger partial charge in [0.25, 0.3) is 0 Å².